The monoisotopic (exact) mass is 368 g/mol. The van der Waals surface area contributed by atoms with Crippen molar-refractivity contribution in [1.29, 1.82) is 0 Å². The first-order valence-electron chi connectivity index (χ1n) is 9.65. The maximum atomic E-state index is 12.4. The van der Waals surface area contributed by atoms with Crippen LogP contribution >= 0.6 is 11.8 Å². The van der Waals surface area contributed by atoms with E-state index in [0.29, 0.717) is 0 Å². The van der Waals surface area contributed by atoms with E-state index >= 15 is 0 Å². The normalized spacial score (nSPS) is 22.9. The number of unbranched alkanes of at least 4 members (excludes halogenated alkanes) is 6. The lowest BCUT2D eigenvalue weighted by Crippen LogP contribution is -2.63. The summed E-state index contributed by atoms with van der Waals surface area (Å²) in [6.45, 7) is 5.20. The van der Waals surface area contributed by atoms with Crippen LogP contribution in [0.2, 0.25) is 0 Å². The molecule has 142 valence electrons. The van der Waals surface area contributed by atoms with Crippen molar-refractivity contribution in [1.82, 2.24) is 15.1 Å². The number of imide groups is 1. The van der Waals surface area contributed by atoms with Gasteiger partial charge in [0.1, 0.15) is 0 Å². The van der Waals surface area contributed by atoms with E-state index in [0.717, 1.165) is 30.3 Å². The van der Waals surface area contributed by atoms with Gasteiger partial charge in [0.05, 0.1) is 0 Å². The average Bonchev–Trinajstić information content (AvgIpc) is 2.96. The van der Waals surface area contributed by atoms with E-state index in [1.165, 1.54) is 38.5 Å². The van der Waals surface area contributed by atoms with E-state index in [1.54, 1.807) is 23.7 Å². The summed E-state index contributed by atoms with van der Waals surface area (Å²) >= 11 is 1.70. The number of urea groups is 1. The molecular formula is C18H32N4O2S. The second-order valence-electron chi connectivity index (χ2n) is 6.84. The Balaban J connectivity index is 1.92. The summed E-state index contributed by atoms with van der Waals surface area (Å²) in [7, 11) is 1.71. The molecule has 2 unspecified atom stereocenters. The fourth-order valence-electron chi connectivity index (χ4n) is 3.29. The van der Waals surface area contributed by atoms with Crippen molar-refractivity contribution in [3.05, 3.63) is 0 Å². The van der Waals surface area contributed by atoms with Crippen molar-refractivity contribution in [2.45, 2.75) is 77.4 Å². The van der Waals surface area contributed by atoms with Gasteiger partial charge in [0, 0.05) is 19.3 Å². The SMILES string of the molecule is CCCCCCCCCN1C(SCCC)=NC2C1C(=O)NC(=O)N2C. The Morgan fingerprint density at radius 3 is 2.40 bits per heavy atom. The predicted octanol–water partition coefficient (Wildman–Crippen LogP) is 3.43. The van der Waals surface area contributed by atoms with Crippen LogP contribution in [-0.2, 0) is 4.79 Å². The number of hydrogen-bond acceptors (Lipinski definition) is 5. The summed E-state index contributed by atoms with van der Waals surface area (Å²) in [5.41, 5.74) is 0. The third-order valence-corrected chi connectivity index (χ3v) is 5.97. The zero-order chi connectivity index (χ0) is 18.2. The van der Waals surface area contributed by atoms with E-state index in [2.05, 4.69) is 24.1 Å². The number of thioether (sulfide) groups is 1. The highest BCUT2D eigenvalue weighted by atomic mass is 32.2. The van der Waals surface area contributed by atoms with Gasteiger partial charge in [-0.1, -0.05) is 64.1 Å². The number of aliphatic imine (C=N–C) groups is 1. The van der Waals surface area contributed by atoms with Gasteiger partial charge in [-0.05, 0) is 12.8 Å². The molecule has 1 N–H and O–H groups in total. The number of nitrogens with one attached hydrogen (secondary N) is 1. The molecule has 0 spiro atoms. The zero-order valence-corrected chi connectivity index (χ0v) is 16.6. The highest BCUT2D eigenvalue weighted by molar-refractivity contribution is 8.13. The minimum Gasteiger partial charge on any atom is -0.336 e. The van der Waals surface area contributed by atoms with E-state index < -0.39 is 0 Å². The van der Waals surface area contributed by atoms with Gasteiger partial charge in [-0.3, -0.25) is 10.1 Å². The van der Waals surface area contributed by atoms with Crippen LogP contribution in [0.3, 0.4) is 0 Å². The first-order valence-corrected chi connectivity index (χ1v) is 10.6. The lowest BCUT2D eigenvalue weighted by molar-refractivity contribution is -0.127. The Kier molecular flexibility index (Phi) is 8.06. The van der Waals surface area contributed by atoms with E-state index in [9.17, 15) is 9.59 Å². The minimum atomic E-state index is -0.384. The molecule has 6 nitrogen and oxygen atoms in total. The topological polar surface area (TPSA) is 65.0 Å². The fourth-order valence-corrected chi connectivity index (χ4v) is 4.23. The number of amidine groups is 1. The number of likely N-dealkylation sites (N-methyl/N-ethyl adjacent to an activating group) is 1. The third kappa shape index (κ3) is 5.12. The molecule has 0 saturated carbocycles. The molecule has 0 aliphatic carbocycles. The molecule has 0 aromatic heterocycles. The van der Waals surface area contributed by atoms with E-state index in [4.69, 9.17) is 4.99 Å². The molecule has 0 aromatic carbocycles. The van der Waals surface area contributed by atoms with Crippen LogP contribution < -0.4 is 5.32 Å². The lowest BCUT2D eigenvalue weighted by Gasteiger charge is -2.36. The van der Waals surface area contributed by atoms with Crippen LogP contribution in [-0.4, -0.2) is 58.5 Å². The molecule has 0 aromatic rings. The summed E-state index contributed by atoms with van der Waals surface area (Å²) < 4.78 is 0. The summed E-state index contributed by atoms with van der Waals surface area (Å²) in [4.78, 5) is 32.6. The molecule has 0 radical (unpaired) electrons. The van der Waals surface area contributed by atoms with Crippen LogP contribution in [0.15, 0.2) is 4.99 Å². The van der Waals surface area contributed by atoms with Crippen LogP contribution in [0.1, 0.15) is 65.2 Å². The Morgan fingerprint density at radius 1 is 1.04 bits per heavy atom. The van der Waals surface area contributed by atoms with Gasteiger partial charge in [-0.25, -0.2) is 9.79 Å². The standard InChI is InChI=1S/C18H32N4O2S/c1-4-6-7-8-9-10-11-12-22-14-15(19-18(22)25-13-5-2)21(3)17(24)20-16(14)23/h14-15H,4-13H2,1-3H3,(H,20,23,24). The summed E-state index contributed by atoms with van der Waals surface area (Å²) in [6.07, 6.45) is 9.37. The molecule has 2 aliphatic heterocycles. The first kappa shape index (κ1) is 20.1. The number of fused-ring (bicyclic) bond motifs is 1. The molecule has 2 rings (SSSR count). The number of carbonyl (C=O) groups is 2. The van der Waals surface area contributed by atoms with Gasteiger partial charge in [0.2, 0.25) is 0 Å². The van der Waals surface area contributed by atoms with E-state index in [-0.39, 0.29) is 24.1 Å². The van der Waals surface area contributed by atoms with Crippen LogP contribution in [0.5, 0.6) is 0 Å². The van der Waals surface area contributed by atoms with Crippen molar-refractivity contribution in [2.24, 2.45) is 4.99 Å². The predicted molar refractivity (Wildman–Crippen MR) is 104 cm³/mol. The number of carbonyl (C=O) groups excluding carboxylic acids is 2. The summed E-state index contributed by atoms with van der Waals surface area (Å²) in [5.74, 6) is 0.761. The molecule has 2 heterocycles. The van der Waals surface area contributed by atoms with Gasteiger partial charge in [0.15, 0.2) is 17.4 Å². The maximum Gasteiger partial charge on any atom is 0.325 e. The number of hydrogen-bond donors (Lipinski definition) is 1. The Bertz CT molecular complexity index is 497. The van der Waals surface area contributed by atoms with Gasteiger partial charge >= 0.3 is 6.03 Å². The van der Waals surface area contributed by atoms with Gasteiger partial charge in [-0.15, -0.1) is 0 Å². The molecular weight excluding hydrogens is 336 g/mol. The van der Waals surface area contributed by atoms with Gasteiger partial charge in [-0.2, -0.15) is 0 Å². The van der Waals surface area contributed by atoms with E-state index in [1.807, 2.05) is 0 Å². The Hall–Kier alpha value is -1.24. The first-order chi connectivity index (χ1) is 12.1. The smallest absolute Gasteiger partial charge is 0.325 e. The van der Waals surface area contributed by atoms with Crippen molar-refractivity contribution >= 4 is 28.9 Å². The van der Waals surface area contributed by atoms with Crippen LogP contribution in [0, 0.1) is 0 Å². The maximum absolute atomic E-state index is 12.4. The second-order valence-corrected chi connectivity index (χ2v) is 7.90. The third-order valence-electron chi connectivity index (χ3n) is 4.76. The highest BCUT2D eigenvalue weighted by Gasteiger charge is 2.48. The summed E-state index contributed by atoms with van der Waals surface area (Å²) in [5, 5.41) is 3.37. The second kappa shape index (κ2) is 10.0. The molecule has 7 heteroatoms. The summed E-state index contributed by atoms with van der Waals surface area (Å²) in [6, 6.07) is -0.727. The average molecular weight is 369 g/mol. The molecule has 3 amide bonds. The number of amides is 3. The molecule has 25 heavy (non-hydrogen) atoms. The number of nitrogens with zero attached hydrogens (tertiary/aromatic N) is 3. The zero-order valence-electron chi connectivity index (χ0n) is 15.8. The van der Waals surface area contributed by atoms with Crippen molar-refractivity contribution < 1.29 is 9.59 Å². The van der Waals surface area contributed by atoms with Crippen molar-refractivity contribution in [3.8, 4) is 0 Å². The van der Waals surface area contributed by atoms with Crippen LogP contribution in [0.25, 0.3) is 0 Å². The van der Waals surface area contributed by atoms with Gasteiger partial charge in [0.25, 0.3) is 5.91 Å². The quantitative estimate of drug-likeness (QED) is 0.600. The van der Waals surface area contributed by atoms with Crippen molar-refractivity contribution in [3.63, 3.8) is 0 Å². The van der Waals surface area contributed by atoms with Gasteiger partial charge < -0.3 is 9.80 Å². The molecule has 1 fully saturated rings. The number of rotatable bonds is 10. The molecule has 1 saturated heterocycles. The van der Waals surface area contributed by atoms with Crippen molar-refractivity contribution in [2.75, 3.05) is 19.3 Å². The van der Waals surface area contributed by atoms with Crippen LogP contribution in [0.4, 0.5) is 4.79 Å². The Labute approximate surface area is 155 Å². The largest absolute Gasteiger partial charge is 0.336 e. The fraction of sp³-hybridized carbons (Fsp3) is 0.833. The minimum absolute atomic E-state index is 0.216. The molecule has 2 aliphatic rings. The Morgan fingerprint density at radius 2 is 1.72 bits per heavy atom. The molecule has 2 atom stereocenters. The lowest BCUT2D eigenvalue weighted by atomic mass is 10.1. The highest BCUT2D eigenvalue weighted by Crippen LogP contribution is 2.29. The molecule has 0 bridgehead atoms.